The zero-order chi connectivity index (χ0) is 14.6. The van der Waals surface area contributed by atoms with Crippen LogP contribution in [-0.2, 0) is 16.0 Å². The van der Waals surface area contributed by atoms with E-state index in [9.17, 15) is 9.59 Å². The molecule has 4 heteroatoms. The average molecular weight is 275 g/mol. The molecule has 2 N–H and O–H groups in total. The highest BCUT2D eigenvalue weighted by Crippen LogP contribution is 2.43. The van der Waals surface area contributed by atoms with Crippen LogP contribution in [0, 0.1) is 11.3 Å². The average Bonchev–Trinajstić information content (AvgIpc) is 2.40. The van der Waals surface area contributed by atoms with Crippen molar-refractivity contribution in [1.29, 1.82) is 0 Å². The molecule has 0 heterocycles. The first kappa shape index (κ1) is 14.6. The van der Waals surface area contributed by atoms with Crippen LogP contribution in [0.5, 0.6) is 0 Å². The molecule has 2 rings (SSSR count). The Labute approximate surface area is 119 Å². The van der Waals surface area contributed by atoms with Crippen LogP contribution in [0.2, 0.25) is 0 Å². The number of carbonyl (C=O) groups excluding carboxylic acids is 1. The van der Waals surface area contributed by atoms with Crippen LogP contribution < -0.4 is 5.32 Å². The minimum atomic E-state index is -0.879. The number of carboxylic acids is 1. The van der Waals surface area contributed by atoms with E-state index in [2.05, 4.69) is 5.32 Å². The molecule has 4 nitrogen and oxygen atoms in total. The van der Waals surface area contributed by atoms with Gasteiger partial charge in [0.05, 0.1) is 11.3 Å². The molecule has 20 heavy (non-hydrogen) atoms. The van der Waals surface area contributed by atoms with Gasteiger partial charge >= 0.3 is 5.97 Å². The first-order chi connectivity index (χ1) is 9.53. The molecular weight excluding hydrogens is 254 g/mol. The van der Waals surface area contributed by atoms with E-state index in [4.69, 9.17) is 5.11 Å². The highest BCUT2D eigenvalue weighted by Gasteiger charge is 2.43. The second-order valence-corrected chi connectivity index (χ2v) is 5.75. The van der Waals surface area contributed by atoms with Gasteiger partial charge in [0.15, 0.2) is 0 Å². The Morgan fingerprint density at radius 3 is 2.45 bits per heavy atom. The fraction of sp³-hybridized carbons (Fsp3) is 0.500. The summed E-state index contributed by atoms with van der Waals surface area (Å²) in [5.74, 6) is -1.43. The lowest BCUT2D eigenvalue weighted by molar-refractivity contribution is -0.141. The zero-order valence-corrected chi connectivity index (χ0v) is 11.8. The second-order valence-electron chi connectivity index (χ2n) is 5.75. The molecule has 0 radical (unpaired) electrons. The molecule has 0 aliphatic heterocycles. The molecule has 1 saturated carbocycles. The standard InChI is InChI=1S/C16H21NO3/c1-12(14(18)19)11-17-15(20)16(8-5-9-16)10-13-6-3-2-4-7-13/h2-4,6-7,12H,5,8-11H2,1H3,(H,17,20)(H,18,19). The molecule has 1 aromatic carbocycles. The van der Waals surface area contributed by atoms with Crippen molar-refractivity contribution in [2.45, 2.75) is 32.6 Å². The van der Waals surface area contributed by atoms with Crippen molar-refractivity contribution in [3.05, 3.63) is 35.9 Å². The van der Waals surface area contributed by atoms with Gasteiger partial charge in [-0.15, -0.1) is 0 Å². The van der Waals surface area contributed by atoms with E-state index >= 15 is 0 Å². The summed E-state index contributed by atoms with van der Waals surface area (Å²) in [4.78, 5) is 23.2. The van der Waals surface area contributed by atoms with Crippen molar-refractivity contribution < 1.29 is 14.7 Å². The normalized spacial score (nSPS) is 17.9. The van der Waals surface area contributed by atoms with E-state index in [1.807, 2.05) is 30.3 Å². The van der Waals surface area contributed by atoms with E-state index in [1.54, 1.807) is 6.92 Å². The number of rotatable bonds is 6. The molecule has 1 aromatic rings. The molecule has 0 bridgehead atoms. The number of amides is 1. The van der Waals surface area contributed by atoms with Gasteiger partial charge in [0, 0.05) is 6.54 Å². The van der Waals surface area contributed by atoms with Crippen molar-refractivity contribution in [3.8, 4) is 0 Å². The van der Waals surface area contributed by atoms with Crippen molar-refractivity contribution >= 4 is 11.9 Å². The number of hydrogen-bond donors (Lipinski definition) is 2. The fourth-order valence-corrected chi connectivity index (χ4v) is 2.59. The summed E-state index contributed by atoms with van der Waals surface area (Å²) >= 11 is 0. The summed E-state index contributed by atoms with van der Waals surface area (Å²) in [6.45, 7) is 1.80. The summed E-state index contributed by atoms with van der Waals surface area (Å²) in [6, 6.07) is 9.99. The van der Waals surface area contributed by atoms with Crippen molar-refractivity contribution in [2.75, 3.05) is 6.54 Å². The number of hydrogen-bond acceptors (Lipinski definition) is 2. The fourth-order valence-electron chi connectivity index (χ4n) is 2.59. The summed E-state index contributed by atoms with van der Waals surface area (Å²) in [5, 5.41) is 11.7. The lowest BCUT2D eigenvalue weighted by Gasteiger charge is -2.40. The molecule has 1 aliphatic rings. The van der Waals surface area contributed by atoms with Crippen LogP contribution in [0.4, 0.5) is 0 Å². The molecule has 0 spiro atoms. The van der Waals surface area contributed by atoms with Gasteiger partial charge in [-0.05, 0) is 24.8 Å². The van der Waals surface area contributed by atoms with Gasteiger partial charge in [-0.1, -0.05) is 43.7 Å². The quantitative estimate of drug-likeness (QED) is 0.836. The van der Waals surface area contributed by atoms with Gasteiger partial charge in [-0.3, -0.25) is 9.59 Å². The number of aliphatic carboxylic acids is 1. The predicted octanol–water partition coefficient (Wildman–Crippen LogP) is 2.24. The van der Waals surface area contributed by atoms with Crippen LogP contribution in [0.1, 0.15) is 31.7 Å². The number of benzene rings is 1. The zero-order valence-electron chi connectivity index (χ0n) is 11.8. The first-order valence-corrected chi connectivity index (χ1v) is 7.08. The smallest absolute Gasteiger partial charge is 0.308 e. The van der Waals surface area contributed by atoms with Crippen molar-refractivity contribution in [1.82, 2.24) is 5.32 Å². The Morgan fingerprint density at radius 2 is 1.95 bits per heavy atom. The maximum Gasteiger partial charge on any atom is 0.308 e. The molecule has 0 aromatic heterocycles. The third-order valence-corrected chi connectivity index (χ3v) is 4.17. The first-order valence-electron chi connectivity index (χ1n) is 7.08. The van der Waals surface area contributed by atoms with E-state index in [0.717, 1.165) is 31.2 Å². The summed E-state index contributed by atoms with van der Waals surface area (Å²) in [5.41, 5.74) is 0.827. The topological polar surface area (TPSA) is 66.4 Å². The van der Waals surface area contributed by atoms with Crippen LogP contribution >= 0.6 is 0 Å². The monoisotopic (exact) mass is 275 g/mol. The van der Waals surface area contributed by atoms with E-state index in [-0.39, 0.29) is 17.9 Å². The molecule has 1 unspecified atom stereocenters. The van der Waals surface area contributed by atoms with Crippen LogP contribution in [0.15, 0.2) is 30.3 Å². The second kappa shape index (κ2) is 6.07. The van der Waals surface area contributed by atoms with Gasteiger partial charge < -0.3 is 10.4 Å². The largest absolute Gasteiger partial charge is 0.481 e. The molecule has 1 atom stereocenters. The summed E-state index contributed by atoms with van der Waals surface area (Å²) < 4.78 is 0. The molecule has 1 aliphatic carbocycles. The Kier molecular flexibility index (Phi) is 4.42. The lowest BCUT2D eigenvalue weighted by atomic mass is 9.64. The SMILES string of the molecule is CC(CNC(=O)C1(Cc2ccccc2)CCC1)C(=O)O. The number of nitrogens with one attached hydrogen (secondary N) is 1. The minimum Gasteiger partial charge on any atom is -0.481 e. The Balaban J connectivity index is 1.96. The minimum absolute atomic E-state index is 0.000651. The number of carbonyl (C=O) groups is 2. The molecule has 108 valence electrons. The summed E-state index contributed by atoms with van der Waals surface area (Å²) in [6.07, 6.45) is 3.57. The van der Waals surface area contributed by atoms with E-state index in [0.29, 0.717) is 0 Å². The van der Waals surface area contributed by atoms with Crippen molar-refractivity contribution in [2.24, 2.45) is 11.3 Å². The van der Waals surface area contributed by atoms with Crippen molar-refractivity contribution in [3.63, 3.8) is 0 Å². The van der Waals surface area contributed by atoms with Crippen LogP contribution in [0.3, 0.4) is 0 Å². The predicted molar refractivity (Wildman–Crippen MR) is 76.2 cm³/mol. The van der Waals surface area contributed by atoms with Gasteiger partial charge in [-0.25, -0.2) is 0 Å². The molecule has 0 saturated heterocycles. The molecular formula is C16H21NO3. The third-order valence-electron chi connectivity index (χ3n) is 4.17. The lowest BCUT2D eigenvalue weighted by Crippen LogP contribution is -2.48. The Bertz CT molecular complexity index is 480. The highest BCUT2D eigenvalue weighted by atomic mass is 16.4. The number of carboxylic acid groups (broad SMARTS) is 1. The summed E-state index contributed by atoms with van der Waals surface area (Å²) in [7, 11) is 0. The maximum absolute atomic E-state index is 12.4. The van der Waals surface area contributed by atoms with E-state index < -0.39 is 11.9 Å². The van der Waals surface area contributed by atoms with Crippen LogP contribution in [-0.4, -0.2) is 23.5 Å². The molecule has 1 amide bonds. The van der Waals surface area contributed by atoms with Crippen LogP contribution in [0.25, 0.3) is 0 Å². The van der Waals surface area contributed by atoms with Gasteiger partial charge in [0.25, 0.3) is 0 Å². The molecule has 1 fully saturated rings. The van der Waals surface area contributed by atoms with E-state index in [1.165, 1.54) is 0 Å². The third kappa shape index (κ3) is 3.18. The van der Waals surface area contributed by atoms with Gasteiger partial charge in [0.2, 0.25) is 5.91 Å². The van der Waals surface area contributed by atoms with Gasteiger partial charge in [-0.2, -0.15) is 0 Å². The highest BCUT2D eigenvalue weighted by molar-refractivity contribution is 5.84. The Morgan fingerprint density at radius 1 is 1.30 bits per heavy atom. The van der Waals surface area contributed by atoms with Gasteiger partial charge in [0.1, 0.15) is 0 Å². The Hall–Kier alpha value is -1.84. The maximum atomic E-state index is 12.4.